The van der Waals surface area contributed by atoms with Gasteiger partial charge in [-0.2, -0.15) is 0 Å². The van der Waals surface area contributed by atoms with Crippen LogP contribution in [0.25, 0.3) is 0 Å². The summed E-state index contributed by atoms with van der Waals surface area (Å²) in [5, 5.41) is 2.71. The molecule has 0 N–H and O–H groups in total. The van der Waals surface area contributed by atoms with E-state index >= 15 is 0 Å². The second-order valence-electron chi connectivity index (χ2n) is 9.87. The zero-order valence-electron chi connectivity index (χ0n) is 18.9. The van der Waals surface area contributed by atoms with Crippen molar-refractivity contribution in [3.8, 4) is 0 Å². The van der Waals surface area contributed by atoms with Crippen molar-refractivity contribution in [3.63, 3.8) is 0 Å². The summed E-state index contributed by atoms with van der Waals surface area (Å²) in [7, 11) is -2.43. The molecule has 0 unspecified atom stereocenters. The third-order valence-corrected chi connectivity index (χ3v) is 11.1. The Bertz CT molecular complexity index is 697. The van der Waals surface area contributed by atoms with Crippen molar-refractivity contribution >= 4 is 18.7 Å². The van der Waals surface area contributed by atoms with Crippen LogP contribution in [-0.4, -0.2) is 27.1 Å². The van der Waals surface area contributed by atoms with Gasteiger partial charge < -0.3 is 9.16 Å². The van der Waals surface area contributed by atoms with Gasteiger partial charge >= 0.3 is 0 Å². The number of hydrogen-bond donors (Lipinski definition) is 0. The Kier molecular flexibility index (Phi) is 7.36. The maximum Gasteiger partial charge on any atom is 0.261 e. The van der Waals surface area contributed by atoms with Crippen LogP contribution in [0.3, 0.4) is 0 Å². The zero-order valence-corrected chi connectivity index (χ0v) is 19.9. The predicted molar refractivity (Wildman–Crippen MR) is 126 cm³/mol. The van der Waals surface area contributed by atoms with Gasteiger partial charge in [0.25, 0.3) is 8.32 Å². The lowest BCUT2D eigenvalue weighted by molar-refractivity contribution is 0.247. The normalized spacial score (nSPS) is 19.5. The Balaban J connectivity index is 1.74. The van der Waals surface area contributed by atoms with Crippen LogP contribution in [-0.2, 0) is 9.16 Å². The summed E-state index contributed by atoms with van der Waals surface area (Å²) < 4.78 is 13.0. The fourth-order valence-corrected chi connectivity index (χ4v) is 9.02. The third-order valence-electron chi connectivity index (χ3n) is 6.09. The summed E-state index contributed by atoms with van der Waals surface area (Å²) in [6.45, 7) is 12.3. The maximum absolute atomic E-state index is 6.98. The molecule has 0 radical (unpaired) electrons. The Morgan fingerprint density at radius 1 is 0.862 bits per heavy atom. The van der Waals surface area contributed by atoms with Crippen LogP contribution >= 0.6 is 0 Å². The van der Waals surface area contributed by atoms with E-state index in [9.17, 15) is 0 Å². The van der Waals surface area contributed by atoms with E-state index in [1.165, 1.54) is 36.1 Å². The van der Waals surface area contributed by atoms with Crippen molar-refractivity contribution in [3.05, 3.63) is 60.7 Å². The van der Waals surface area contributed by atoms with E-state index in [1.54, 1.807) is 0 Å². The molecule has 1 saturated heterocycles. The molecule has 2 aromatic rings. The van der Waals surface area contributed by atoms with Crippen molar-refractivity contribution in [1.82, 2.24) is 0 Å². The first kappa shape index (κ1) is 22.3. The summed E-state index contributed by atoms with van der Waals surface area (Å²) in [5.74, 6) is 0.796. The number of hydrogen-bond acceptors (Lipinski definition) is 2. The lowest BCUT2D eigenvalue weighted by atomic mass is 10.0. The van der Waals surface area contributed by atoms with Crippen molar-refractivity contribution in [1.29, 1.82) is 0 Å². The molecule has 3 heteroatoms. The molecule has 0 aromatic heterocycles. The van der Waals surface area contributed by atoms with E-state index in [1.807, 2.05) is 0 Å². The van der Waals surface area contributed by atoms with Gasteiger partial charge in [-0.1, -0.05) is 115 Å². The highest BCUT2D eigenvalue weighted by Crippen LogP contribution is 2.38. The Morgan fingerprint density at radius 2 is 1.41 bits per heavy atom. The van der Waals surface area contributed by atoms with E-state index in [-0.39, 0.29) is 11.1 Å². The summed E-state index contributed by atoms with van der Waals surface area (Å²) in [5.41, 5.74) is 0. The first-order valence-electron chi connectivity index (χ1n) is 11.2. The van der Waals surface area contributed by atoms with Crippen molar-refractivity contribution in [2.75, 3.05) is 6.61 Å². The molecule has 29 heavy (non-hydrogen) atoms. The minimum absolute atomic E-state index is 0.0252. The molecule has 2 aromatic carbocycles. The summed E-state index contributed by atoms with van der Waals surface area (Å²) >= 11 is 0. The van der Waals surface area contributed by atoms with Crippen LogP contribution in [0.15, 0.2) is 60.7 Å². The third kappa shape index (κ3) is 5.39. The van der Waals surface area contributed by atoms with E-state index in [0.29, 0.717) is 12.7 Å². The van der Waals surface area contributed by atoms with Crippen LogP contribution in [0, 0.1) is 5.92 Å². The summed E-state index contributed by atoms with van der Waals surface area (Å²) in [6.07, 6.45) is 5.70. The van der Waals surface area contributed by atoms with Crippen molar-refractivity contribution < 1.29 is 9.16 Å². The van der Waals surface area contributed by atoms with Gasteiger partial charge in [0, 0.05) is 0 Å². The number of rotatable bonds is 10. The van der Waals surface area contributed by atoms with E-state index in [0.717, 1.165) is 5.92 Å². The molecule has 1 aliphatic rings. The van der Waals surface area contributed by atoms with Crippen LogP contribution in [0.1, 0.15) is 60.3 Å². The van der Waals surface area contributed by atoms with Crippen molar-refractivity contribution in [2.45, 2.75) is 77.5 Å². The highest BCUT2D eigenvalue weighted by atomic mass is 28.4. The smallest absolute Gasteiger partial charge is 0.261 e. The zero-order chi connectivity index (χ0) is 20.9. The van der Waals surface area contributed by atoms with Crippen LogP contribution in [0.2, 0.25) is 5.04 Å². The monoisotopic (exact) mass is 410 g/mol. The molecule has 1 aliphatic heterocycles. The topological polar surface area (TPSA) is 21.8 Å². The maximum atomic E-state index is 6.98. The molecule has 0 amide bonds. The van der Waals surface area contributed by atoms with Gasteiger partial charge in [0.2, 0.25) is 0 Å². The quantitative estimate of drug-likeness (QED) is 0.291. The lowest BCUT2D eigenvalue weighted by Gasteiger charge is -2.43. The van der Waals surface area contributed by atoms with Gasteiger partial charge in [-0.3, -0.25) is 0 Å². The fraction of sp³-hybridized carbons (Fsp3) is 0.538. The molecule has 1 heterocycles. The van der Waals surface area contributed by atoms with E-state index in [2.05, 4.69) is 95.3 Å². The molecule has 2 atom stereocenters. The van der Waals surface area contributed by atoms with Crippen LogP contribution in [0.5, 0.6) is 0 Å². The Hall–Kier alpha value is -1.42. The SMILES string of the molecule is CC(C)CCCC[C@H]1O[C@H]1CO[Si](c1ccccc1)(c1ccccc1)C(C)(C)C. The molecule has 1 fully saturated rings. The van der Waals surface area contributed by atoms with Gasteiger partial charge in [-0.05, 0) is 27.8 Å². The second-order valence-corrected chi connectivity index (χ2v) is 14.2. The first-order chi connectivity index (χ1) is 13.8. The predicted octanol–water partition coefficient (Wildman–Crippen LogP) is 5.55. The number of unbranched alkanes of at least 4 members (excludes halogenated alkanes) is 1. The molecular formula is C26H38O2Si. The van der Waals surface area contributed by atoms with Crippen LogP contribution < -0.4 is 10.4 Å². The van der Waals surface area contributed by atoms with Crippen molar-refractivity contribution in [2.24, 2.45) is 5.92 Å². The lowest BCUT2D eigenvalue weighted by Crippen LogP contribution is -2.66. The molecule has 0 bridgehead atoms. The molecule has 3 rings (SSSR count). The molecule has 0 saturated carbocycles. The second kappa shape index (κ2) is 9.59. The van der Waals surface area contributed by atoms with Gasteiger partial charge in [-0.15, -0.1) is 0 Å². The molecule has 0 spiro atoms. The summed E-state index contributed by atoms with van der Waals surface area (Å²) in [4.78, 5) is 0. The molecule has 2 nitrogen and oxygen atoms in total. The minimum Gasteiger partial charge on any atom is -0.405 e. The average Bonchev–Trinajstić information content (AvgIpc) is 3.44. The van der Waals surface area contributed by atoms with Gasteiger partial charge in [0.1, 0.15) is 6.10 Å². The minimum atomic E-state index is -2.43. The standard InChI is InChI=1S/C26H38O2Si/c1-21(2)14-12-13-19-24-25(28-24)20-27-29(26(3,4)5,22-15-8-6-9-16-22)23-17-10-7-11-18-23/h6-11,15-18,21,24-25H,12-14,19-20H2,1-5H3/t24-,25+/m1/s1. The fourth-order valence-electron chi connectivity index (χ4n) is 4.45. The average molecular weight is 411 g/mol. The molecule has 158 valence electrons. The Labute approximate surface area is 178 Å². The largest absolute Gasteiger partial charge is 0.405 e. The highest BCUT2D eigenvalue weighted by Gasteiger charge is 2.51. The number of epoxide rings is 1. The van der Waals surface area contributed by atoms with Crippen LogP contribution in [0.4, 0.5) is 0 Å². The number of ether oxygens (including phenoxy) is 1. The van der Waals surface area contributed by atoms with E-state index in [4.69, 9.17) is 9.16 Å². The highest BCUT2D eigenvalue weighted by molar-refractivity contribution is 6.99. The number of benzene rings is 2. The molecular weight excluding hydrogens is 372 g/mol. The Morgan fingerprint density at radius 3 is 1.90 bits per heavy atom. The van der Waals surface area contributed by atoms with Gasteiger partial charge in [-0.25, -0.2) is 0 Å². The molecule has 0 aliphatic carbocycles. The first-order valence-corrected chi connectivity index (χ1v) is 13.2. The summed E-state index contributed by atoms with van der Waals surface area (Å²) in [6, 6.07) is 21.7. The van der Waals surface area contributed by atoms with Gasteiger partial charge in [0.15, 0.2) is 0 Å². The van der Waals surface area contributed by atoms with E-state index < -0.39 is 8.32 Å². The van der Waals surface area contributed by atoms with Gasteiger partial charge in [0.05, 0.1) is 12.7 Å².